The third-order valence-electron chi connectivity index (χ3n) is 3.27. The summed E-state index contributed by atoms with van der Waals surface area (Å²) in [7, 11) is 0. The lowest BCUT2D eigenvalue weighted by atomic mass is 10.1. The monoisotopic (exact) mass is 253 g/mol. The van der Waals surface area contributed by atoms with Gasteiger partial charge in [-0.25, -0.2) is 0 Å². The molecule has 3 nitrogen and oxygen atoms in total. The molecule has 96 valence electrons. The van der Waals surface area contributed by atoms with Crippen molar-refractivity contribution in [2.75, 3.05) is 6.54 Å². The zero-order chi connectivity index (χ0) is 13.2. The van der Waals surface area contributed by atoms with Gasteiger partial charge in [0, 0.05) is 0 Å². The zero-order valence-corrected chi connectivity index (χ0v) is 10.7. The second kappa shape index (κ2) is 4.76. The van der Waals surface area contributed by atoms with Crippen molar-refractivity contribution < 1.29 is 9.53 Å². The Morgan fingerprint density at radius 1 is 1.16 bits per heavy atom. The highest BCUT2D eigenvalue weighted by Crippen LogP contribution is 2.28. The quantitative estimate of drug-likeness (QED) is 0.848. The van der Waals surface area contributed by atoms with E-state index in [9.17, 15) is 4.79 Å². The Morgan fingerprint density at radius 2 is 1.95 bits per heavy atom. The van der Waals surface area contributed by atoms with E-state index in [-0.39, 0.29) is 12.0 Å². The Morgan fingerprint density at radius 3 is 2.74 bits per heavy atom. The van der Waals surface area contributed by atoms with Crippen molar-refractivity contribution in [3.05, 3.63) is 65.2 Å². The normalized spacial score (nSPS) is 17.9. The van der Waals surface area contributed by atoms with Crippen molar-refractivity contribution in [2.24, 2.45) is 0 Å². The average molecular weight is 253 g/mol. The van der Waals surface area contributed by atoms with Crippen LogP contribution in [0.5, 0.6) is 5.75 Å². The standard InChI is InChI=1S/C16H15NO2/c1-11-7-8-14-13(9-11)16(18)17-10-15(19-14)12-5-3-2-4-6-12/h2-9,15H,10H2,1H3,(H,17,18). The Labute approximate surface area is 112 Å². The summed E-state index contributed by atoms with van der Waals surface area (Å²) >= 11 is 0. The molecule has 0 spiro atoms. The number of hydrogen-bond donors (Lipinski definition) is 1. The zero-order valence-electron chi connectivity index (χ0n) is 10.7. The van der Waals surface area contributed by atoms with Crippen LogP contribution in [-0.2, 0) is 0 Å². The molecule has 2 aromatic rings. The Balaban J connectivity index is 1.98. The van der Waals surface area contributed by atoms with Gasteiger partial charge in [-0.2, -0.15) is 0 Å². The minimum Gasteiger partial charge on any atom is -0.483 e. The molecule has 0 radical (unpaired) electrons. The molecule has 1 N–H and O–H groups in total. The lowest BCUT2D eigenvalue weighted by Crippen LogP contribution is -2.26. The van der Waals surface area contributed by atoms with Crippen molar-refractivity contribution in [1.82, 2.24) is 5.32 Å². The summed E-state index contributed by atoms with van der Waals surface area (Å²) in [4.78, 5) is 12.0. The number of amides is 1. The third kappa shape index (κ3) is 2.32. The van der Waals surface area contributed by atoms with Gasteiger partial charge < -0.3 is 10.1 Å². The molecule has 1 aliphatic rings. The smallest absolute Gasteiger partial charge is 0.255 e. The number of hydrogen-bond acceptors (Lipinski definition) is 2. The first-order chi connectivity index (χ1) is 9.24. The van der Waals surface area contributed by atoms with Crippen LogP contribution in [0.2, 0.25) is 0 Å². The van der Waals surface area contributed by atoms with Crippen LogP contribution < -0.4 is 10.1 Å². The van der Waals surface area contributed by atoms with Crippen molar-refractivity contribution in [3.63, 3.8) is 0 Å². The van der Waals surface area contributed by atoms with Gasteiger partial charge >= 0.3 is 0 Å². The van der Waals surface area contributed by atoms with Gasteiger partial charge in [-0.15, -0.1) is 0 Å². The number of nitrogens with one attached hydrogen (secondary N) is 1. The van der Waals surface area contributed by atoms with Gasteiger partial charge in [0.05, 0.1) is 12.1 Å². The van der Waals surface area contributed by atoms with Gasteiger partial charge in [-0.05, 0) is 24.6 Å². The van der Waals surface area contributed by atoms with Crippen LogP contribution in [0.3, 0.4) is 0 Å². The summed E-state index contributed by atoms with van der Waals surface area (Å²) in [6.07, 6.45) is -0.144. The lowest BCUT2D eigenvalue weighted by Gasteiger charge is -2.17. The number of benzene rings is 2. The molecule has 3 rings (SSSR count). The molecule has 1 amide bonds. The highest BCUT2D eigenvalue weighted by molar-refractivity contribution is 5.97. The van der Waals surface area contributed by atoms with Crippen molar-refractivity contribution in [3.8, 4) is 5.75 Å². The van der Waals surface area contributed by atoms with Gasteiger partial charge in [-0.1, -0.05) is 42.0 Å². The first-order valence-electron chi connectivity index (χ1n) is 6.34. The van der Waals surface area contributed by atoms with Gasteiger partial charge in [-0.3, -0.25) is 4.79 Å². The van der Waals surface area contributed by atoms with Crippen LogP contribution in [0.15, 0.2) is 48.5 Å². The Bertz CT molecular complexity index is 607. The summed E-state index contributed by atoms with van der Waals surface area (Å²) in [5, 5.41) is 2.91. The number of aryl methyl sites for hydroxylation is 1. The molecule has 0 saturated carbocycles. The van der Waals surface area contributed by atoms with E-state index < -0.39 is 0 Å². The fourth-order valence-corrected chi connectivity index (χ4v) is 2.25. The molecule has 0 fully saturated rings. The van der Waals surface area contributed by atoms with Crippen LogP contribution in [-0.4, -0.2) is 12.5 Å². The maximum absolute atomic E-state index is 12.0. The SMILES string of the molecule is Cc1ccc2c(c1)C(=O)NCC(c1ccccc1)O2. The second-order valence-electron chi connectivity index (χ2n) is 4.73. The lowest BCUT2D eigenvalue weighted by molar-refractivity contribution is 0.0951. The molecule has 3 heteroatoms. The van der Waals surface area contributed by atoms with E-state index in [0.717, 1.165) is 11.1 Å². The minimum atomic E-state index is -0.144. The van der Waals surface area contributed by atoms with Crippen LogP contribution in [0, 0.1) is 6.92 Å². The Kier molecular flexibility index (Phi) is 2.95. The molecule has 1 aliphatic heterocycles. The molecular weight excluding hydrogens is 238 g/mol. The minimum absolute atomic E-state index is 0.0721. The molecule has 1 unspecified atom stereocenters. The topological polar surface area (TPSA) is 38.3 Å². The molecule has 19 heavy (non-hydrogen) atoms. The van der Waals surface area contributed by atoms with Crippen molar-refractivity contribution in [2.45, 2.75) is 13.0 Å². The molecule has 1 heterocycles. The van der Waals surface area contributed by atoms with Gasteiger partial charge in [0.2, 0.25) is 0 Å². The molecule has 0 aliphatic carbocycles. The summed E-state index contributed by atoms with van der Waals surface area (Å²) < 4.78 is 5.99. The van der Waals surface area contributed by atoms with Crippen LogP contribution in [0.1, 0.15) is 27.6 Å². The first kappa shape index (κ1) is 11.8. The van der Waals surface area contributed by atoms with Gasteiger partial charge in [0.1, 0.15) is 11.9 Å². The highest BCUT2D eigenvalue weighted by atomic mass is 16.5. The number of fused-ring (bicyclic) bond motifs is 1. The predicted octanol–water partition coefficient (Wildman–Crippen LogP) is 2.86. The summed E-state index contributed by atoms with van der Waals surface area (Å²) in [5.41, 5.74) is 2.73. The Hall–Kier alpha value is -2.29. The van der Waals surface area contributed by atoms with Crippen molar-refractivity contribution in [1.29, 1.82) is 0 Å². The average Bonchev–Trinajstić information content (AvgIpc) is 2.60. The number of ether oxygens (including phenoxy) is 1. The van der Waals surface area contributed by atoms with E-state index in [2.05, 4.69) is 5.32 Å². The largest absolute Gasteiger partial charge is 0.483 e. The summed E-state index contributed by atoms with van der Waals surface area (Å²) in [6.45, 7) is 2.45. The summed E-state index contributed by atoms with van der Waals surface area (Å²) in [5.74, 6) is 0.576. The number of carbonyl (C=O) groups is 1. The van der Waals surface area contributed by atoms with Crippen LogP contribution in [0.25, 0.3) is 0 Å². The van der Waals surface area contributed by atoms with E-state index >= 15 is 0 Å². The molecule has 0 aromatic heterocycles. The second-order valence-corrected chi connectivity index (χ2v) is 4.73. The van der Waals surface area contributed by atoms with E-state index in [1.807, 2.05) is 55.5 Å². The first-order valence-corrected chi connectivity index (χ1v) is 6.34. The third-order valence-corrected chi connectivity index (χ3v) is 3.27. The maximum Gasteiger partial charge on any atom is 0.255 e. The number of rotatable bonds is 1. The molecule has 2 aromatic carbocycles. The molecule has 0 bridgehead atoms. The van der Waals surface area contributed by atoms with E-state index in [1.54, 1.807) is 0 Å². The van der Waals surface area contributed by atoms with Gasteiger partial charge in [0.25, 0.3) is 5.91 Å². The van der Waals surface area contributed by atoms with E-state index in [0.29, 0.717) is 17.9 Å². The van der Waals surface area contributed by atoms with Crippen molar-refractivity contribution >= 4 is 5.91 Å². The fraction of sp³-hybridized carbons (Fsp3) is 0.188. The summed E-state index contributed by atoms with van der Waals surface area (Å²) in [6, 6.07) is 15.6. The van der Waals surface area contributed by atoms with Gasteiger partial charge in [0.15, 0.2) is 0 Å². The fourth-order valence-electron chi connectivity index (χ4n) is 2.25. The van der Waals surface area contributed by atoms with E-state index in [4.69, 9.17) is 4.74 Å². The highest BCUT2D eigenvalue weighted by Gasteiger charge is 2.23. The van der Waals surface area contributed by atoms with E-state index in [1.165, 1.54) is 0 Å². The van der Waals surface area contributed by atoms with Crippen LogP contribution >= 0.6 is 0 Å². The molecular formula is C16H15NO2. The molecule has 0 saturated heterocycles. The van der Waals surface area contributed by atoms with Crippen LogP contribution in [0.4, 0.5) is 0 Å². The number of carbonyl (C=O) groups excluding carboxylic acids is 1. The molecule has 1 atom stereocenters. The maximum atomic E-state index is 12.0. The predicted molar refractivity (Wildman–Crippen MR) is 73.3 cm³/mol.